The third kappa shape index (κ3) is 4.44. The van der Waals surface area contributed by atoms with Gasteiger partial charge in [-0.2, -0.15) is 0 Å². The average Bonchev–Trinajstić information content (AvgIpc) is 2.78. The monoisotopic (exact) mass is 417 g/mol. The summed E-state index contributed by atoms with van der Waals surface area (Å²) in [7, 11) is 0. The van der Waals surface area contributed by atoms with E-state index < -0.39 is 0 Å². The number of para-hydroxylation sites is 1. The third-order valence-electron chi connectivity index (χ3n) is 4.42. The van der Waals surface area contributed by atoms with Crippen LogP contribution < -0.4 is 5.32 Å². The first kappa shape index (κ1) is 19.5. The molecule has 0 saturated carbocycles. The Morgan fingerprint density at radius 2 is 1.55 bits per heavy atom. The van der Waals surface area contributed by atoms with Crippen molar-refractivity contribution in [1.29, 1.82) is 0 Å². The molecular formula is C23H19N3OS2. The lowest BCUT2D eigenvalue weighted by atomic mass is 10.1. The molecule has 6 heteroatoms. The van der Waals surface area contributed by atoms with Gasteiger partial charge in [0.2, 0.25) is 5.91 Å². The number of hydrogen-bond donors (Lipinski definition) is 1. The predicted molar refractivity (Wildman–Crippen MR) is 123 cm³/mol. The van der Waals surface area contributed by atoms with Crippen molar-refractivity contribution in [3.8, 4) is 11.3 Å². The van der Waals surface area contributed by atoms with Gasteiger partial charge in [-0.3, -0.25) is 4.79 Å². The minimum absolute atomic E-state index is 0.0606. The van der Waals surface area contributed by atoms with Crippen molar-refractivity contribution in [2.45, 2.75) is 9.92 Å². The summed E-state index contributed by atoms with van der Waals surface area (Å²) in [6, 6.07) is 25.9. The number of carbonyl (C=O) groups excluding carboxylic acids is 1. The van der Waals surface area contributed by atoms with E-state index in [1.54, 1.807) is 11.8 Å². The molecule has 29 heavy (non-hydrogen) atoms. The standard InChI is InChI=1S/C23H19N3OS2/c1-28-20-14-8-7-13-19(20)24-21(27)15-29-23-18-12-6-5-11-17(18)22(25-26-23)16-9-3-2-4-10-16/h2-14H,15H2,1H3,(H,24,27). The Kier molecular flexibility index (Phi) is 6.12. The molecule has 0 aliphatic rings. The minimum Gasteiger partial charge on any atom is -0.324 e. The van der Waals surface area contributed by atoms with Crippen molar-refractivity contribution < 1.29 is 4.79 Å². The molecule has 3 aromatic carbocycles. The second-order valence-corrected chi connectivity index (χ2v) is 8.11. The molecule has 144 valence electrons. The van der Waals surface area contributed by atoms with E-state index in [0.717, 1.165) is 37.6 Å². The number of benzene rings is 3. The lowest BCUT2D eigenvalue weighted by Crippen LogP contribution is -2.14. The molecule has 0 aliphatic heterocycles. The summed E-state index contributed by atoms with van der Waals surface area (Å²) in [5.41, 5.74) is 2.71. The summed E-state index contributed by atoms with van der Waals surface area (Å²) in [4.78, 5) is 13.5. The van der Waals surface area contributed by atoms with Gasteiger partial charge in [0.25, 0.3) is 0 Å². The first-order valence-electron chi connectivity index (χ1n) is 9.13. The van der Waals surface area contributed by atoms with E-state index in [-0.39, 0.29) is 11.7 Å². The van der Waals surface area contributed by atoms with Crippen LogP contribution in [-0.4, -0.2) is 28.1 Å². The van der Waals surface area contributed by atoms with E-state index in [2.05, 4.69) is 15.5 Å². The molecule has 0 saturated heterocycles. The maximum absolute atomic E-state index is 12.5. The highest BCUT2D eigenvalue weighted by Gasteiger charge is 2.13. The van der Waals surface area contributed by atoms with Crippen LogP contribution in [0.3, 0.4) is 0 Å². The maximum atomic E-state index is 12.5. The Morgan fingerprint density at radius 1 is 0.862 bits per heavy atom. The van der Waals surface area contributed by atoms with E-state index in [4.69, 9.17) is 0 Å². The molecular weight excluding hydrogens is 398 g/mol. The summed E-state index contributed by atoms with van der Waals surface area (Å²) in [6.07, 6.45) is 2.00. The van der Waals surface area contributed by atoms with Crippen LogP contribution in [-0.2, 0) is 4.79 Å². The van der Waals surface area contributed by atoms with Crippen LogP contribution in [0.2, 0.25) is 0 Å². The Hall–Kier alpha value is -2.83. The van der Waals surface area contributed by atoms with Crippen LogP contribution in [0.25, 0.3) is 22.0 Å². The van der Waals surface area contributed by atoms with Gasteiger partial charge in [0.1, 0.15) is 10.7 Å². The molecule has 1 heterocycles. The second-order valence-electron chi connectivity index (χ2n) is 6.30. The molecule has 4 rings (SSSR count). The number of fused-ring (bicyclic) bond motifs is 1. The first-order valence-corrected chi connectivity index (χ1v) is 11.3. The fourth-order valence-corrected chi connectivity index (χ4v) is 4.39. The van der Waals surface area contributed by atoms with Gasteiger partial charge in [-0.05, 0) is 18.4 Å². The third-order valence-corrected chi connectivity index (χ3v) is 6.20. The zero-order valence-electron chi connectivity index (χ0n) is 15.8. The van der Waals surface area contributed by atoms with Crippen molar-refractivity contribution in [1.82, 2.24) is 10.2 Å². The van der Waals surface area contributed by atoms with E-state index in [1.807, 2.05) is 85.1 Å². The van der Waals surface area contributed by atoms with Gasteiger partial charge >= 0.3 is 0 Å². The number of nitrogens with one attached hydrogen (secondary N) is 1. The van der Waals surface area contributed by atoms with Crippen LogP contribution in [0.4, 0.5) is 5.69 Å². The van der Waals surface area contributed by atoms with Gasteiger partial charge in [-0.1, -0.05) is 78.5 Å². The highest BCUT2D eigenvalue weighted by atomic mass is 32.2. The van der Waals surface area contributed by atoms with Crippen molar-refractivity contribution in [3.63, 3.8) is 0 Å². The summed E-state index contributed by atoms with van der Waals surface area (Å²) >= 11 is 3.01. The van der Waals surface area contributed by atoms with E-state index in [9.17, 15) is 4.79 Å². The Bertz CT molecular complexity index is 1150. The molecule has 0 bridgehead atoms. The van der Waals surface area contributed by atoms with Gasteiger partial charge in [-0.15, -0.1) is 22.0 Å². The lowest BCUT2D eigenvalue weighted by molar-refractivity contribution is -0.113. The topological polar surface area (TPSA) is 54.9 Å². The second kappa shape index (κ2) is 9.11. The van der Waals surface area contributed by atoms with E-state index >= 15 is 0 Å². The van der Waals surface area contributed by atoms with Crippen molar-refractivity contribution in [2.75, 3.05) is 17.3 Å². The number of anilines is 1. The number of carbonyl (C=O) groups is 1. The Balaban J connectivity index is 1.55. The number of hydrogen-bond acceptors (Lipinski definition) is 5. The molecule has 1 N–H and O–H groups in total. The molecule has 1 aromatic heterocycles. The number of nitrogens with zero attached hydrogens (tertiary/aromatic N) is 2. The van der Waals surface area contributed by atoms with Gasteiger partial charge < -0.3 is 5.32 Å². The van der Waals surface area contributed by atoms with Crippen LogP contribution in [0.15, 0.2) is 88.8 Å². The number of thioether (sulfide) groups is 2. The zero-order valence-corrected chi connectivity index (χ0v) is 17.5. The average molecular weight is 418 g/mol. The SMILES string of the molecule is CSc1ccccc1NC(=O)CSc1nnc(-c2ccccc2)c2ccccc12. The fraction of sp³-hybridized carbons (Fsp3) is 0.0870. The smallest absolute Gasteiger partial charge is 0.234 e. The van der Waals surface area contributed by atoms with Gasteiger partial charge in [0, 0.05) is 21.2 Å². The largest absolute Gasteiger partial charge is 0.324 e. The van der Waals surface area contributed by atoms with Gasteiger partial charge in [-0.25, -0.2) is 0 Å². The van der Waals surface area contributed by atoms with Crippen LogP contribution >= 0.6 is 23.5 Å². The van der Waals surface area contributed by atoms with E-state index in [1.165, 1.54) is 11.8 Å². The predicted octanol–water partition coefficient (Wildman–Crippen LogP) is 5.75. The lowest BCUT2D eigenvalue weighted by Gasteiger charge is -2.10. The molecule has 0 radical (unpaired) electrons. The molecule has 1 amide bonds. The molecule has 0 atom stereocenters. The Morgan fingerprint density at radius 3 is 2.34 bits per heavy atom. The molecule has 0 aliphatic carbocycles. The summed E-state index contributed by atoms with van der Waals surface area (Å²) in [5.74, 6) is 0.209. The zero-order chi connectivity index (χ0) is 20.1. The fourth-order valence-electron chi connectivity index (χ4n) is 3.06. The molecule has 0 spiro atoms. The van der Waals surface area contributed by atoms with E-state index in [0.29, 0.717) is 0 Å². The normalized spacial score (nSPS) is 10.8. The molecule has 4 aromatic rings. The minimum atomic E-state index is -0.0606. The van der Waals surface area contributed by atoms with Crippen molar-refractivity contribution in [2.24, 2.45) is 0 Å². The maximum Gasteiger partial charge on any atom is 0.234 e. The molecule has 0 unspecified atom stereocenters. The number of amides is 1. The molecule has 4 nitrogen and oxygen atoms in total. The van der Waals surface area contributed by atoms with Gasteiger partial charge in [0.15, 0.2) is 0 Å². The molecule has 0 fully saturated rings. The van der Waals surface area contributed by atoms with Crippen molar-refractivity contribution >= 4 is 45.9 Å². The first-order chi connectivity index (χ1) is 14.3. The van der Waals surface area contributed by atoms with Crippen LogP contribution in [0.1, 0.15) is 0 Å². The number of rotatable bonds is 6. The number of aromatic nitrogens is 2. The van der Waals surface area contributed by atoms with Crippen LogP contribution in [0, 0.1) is 0 Å². The van der Waals surface area contributed by atoms with Gasteiger partial charge in [0.05, 0.1) is 11.4 Å². The quantitative estimate of drug-likeness (QED) is 0.405. The summed E-state index contributed by atoms with van der Waals surface area (Å²) < 4.78 is 0. The van der Waals surface area contributed by atoms with Crippen LogP contribution in [0.5, 0.6) is 0 Å². The van der Waals surface area contributed by atoms with Crippen molar-refractivity contribution in [3.05, 3.63) is 78.9 Å². The summed E-state index contributed by atoms with van der Waals surface area (Å²) in [6.45, 7) is 0. The highest BCUT2D eigenvalue weighted by molar-refractivity contribution is 8.00. The highest BCUT2D eigenvalue weighted by Crippen LogP contribution is 2.32. The summed E-state index contributed by atoms with van der Waals surface area (Å²) in [5, 5.41) is 14.7. The Labute approximate surface area is 178 Å².